The number of hydrogen-bond donors (Lipinski definition) is 0. The fourth-order valence-corrected chi connectivity index (χ4v) is 1.11. The maximum absolute atomic E-state index is 11.0. The third kappa shape index (κ3) is 2.47. The maximum Gasteiger partial charge on any atom is 0.347 e. The molecular formula is C10H16O3. The minimum Gasteiger partial charge on any atom is -0.483 e. The summed E-state index contributed by atoms with van der Waals surface area (Å²) in [6.45, 7) is 8.35. The molecule has 1 rings (SSSR count). The van der Waals surface area contributed by atoms with Crippen molar-refractivity contribution in [3.63, 3.8) is 0 Å². The Morgan fingerprint density at radius 1 is 1.85 bits per heavy atom. The summed E-state index contributed by atoms with van der Waals surface area (Å²) in [5.41, 5.74) is 0. The van der Waals surface area contributed by atoms with E-state index in [1.54, 1.807) is 0 Å². The fraction of sp³-hybridized carbons (Fsp3) is 0.700. The second-order valence-corrected chi connectivity index (χ2v) is 3.34. The molecule has 1 heterocycles. The van der Waals surface area contributed by atoms with Gasteiger partial charge in [-0.1, -0.05) is 20.4 Å². The topological polar surface area (TPSA) is 35.5 Å². The summed E-state index contributed by atoms with van der Waals surface area (Å²) >= 11 is 0. The van der Waals surface area contributed by atoms with Crippen LogP contribution in [0, 0.1) is 5.92 Å². The molecule has 0 saturated carbocycles. The van der Waals surface area contributed by atoms with E-state index >= 15 is 0 Å². The van der Waals surface area contributed by atoms with Crippen LogP contribution < -0.4 is 0 Å². The molecule has 0 amide bonds. The number of hydrogen-bond acceptors (Lipinski definition) is 3. The second-order valence-electron chi connectivity index (χ2n) is 3.34. The summed E-state index contributed by atoms with van der Waals surface area (Å²) in [6.07, 6.45) is 1.20. The van der Waals surface area contributed by atoms with Crippen molar-refractivity contribution in [3.8, 4) is 0 Å². The van der Waals surface area contributed by atoms with E-state index in [9.17, 15) is 4.79 Å². The van der Waals surface area contributed by atoms with Gasteiger partial charge in [0, 0.05) is 12.3 Å². The zero-order valence-corrected chi connectivity index (χ0v) is 8.21. The van der Waals surface area contributed by atoms with Crippen LogP contribution in [-0.2, 0) is 14.3 Å². The first kappa shape index (κ1) is 10.1. The maximum atomic E-state index is 11.0. The van der Waals surface area contributed by atoms with Gasteiger partial charge in [-0.2, -0.15) is 0 Å². The lowest BCUT2D eigenvalue weighted by Gasteiger charge is -2.16. The van der Waals surface area contributed by atoms with Gasteiger partial charge < -0.3 is 9.47 Å². The Bertz CT molecular complexity index is 210. The predicted molar refractivity (Wildman–Crippen MR) is 49.0 cm³/mol. The van der Waals surface area contributed by atoms with Crippen LogP contribution in [0.5, 0.6) is 0 Å². The van der Waals surface area contributed by atoms with E-state index in [0.29, 0.717) is 24.7 Å². The molecule has 3 nitrogen and oxygen atoms in total. The summed E-state index contributed by atoms with van der Waals surface area (Å²) in [6, 6.07) is 0. The van der Waals surface area contributed by atoms with E-state index in [-0.39, 0.29) is 5.97 Å². The number of allylic oxidation sites excluding steroid dienone is 1. The molecule has 0 bridgehead atoms. The van der Waals surface area contributed by atoms with Crippen LogP contribution in [0.25, 0.3) is 0 Å². The van der Waals surface area contributed by atoms with Crippen LogP contribution in [0.4, 0.5) is 0 Å². The Morgan fingerprint density at radius 2 is 2.54 bits per heavy atom. The summed E-state index contributed by atoms with van der Waals surface area (Å²) < 4.78 is 10.2. The minimum absolute atomic E-state index is 0.260. The smallest absolute Gasteiger partial charge is 0.347 e. The van der Waals surface area contributed by atoms with Gasteiger partial charge in [0.25, 0.3) is 0 Å². The van der Waals surface area contributed by atoms with Gasteiger partial charge in [-0.3, -0.25) is 0 Å². The van der Waals surface area contributed by atoms with E-state index in [1.807, 2.05) is 6.92 Å². The number of esters is 1. The van der Waals surface area contributed by atoms with Crippen molar-refractivity contribution in [2.24, 2.45) is 5.92 Å². The van der Waals surface area contributed by atoms with E-state index < -0.39 is 6.10 Å². The highest BCUT2D eigenvalue weighted by Gasteiger charge is 2.29. The van der Waals surface area contributed by atoms with E-state index in [0.717, 1.165) is 6.42 Å². The average Bonchev–Trinajstić information content (AvgIpc) is 2.50. The molecule has 0 N–H and O–H groups in total. The molecular weight excluding hydrogens is 168 g/mol. The molecule has 0 aromatic heterocycles. The van der Waals surface area contributed by atoms with Gasteiger partial charge >= 0.3 is 5.97 Å². The molecule has 0 aromatic carbocycles. The number of rotatable bonds is 4. The number of cyclic esters (lactones) is 1. The van der Waals surface area contributed by atoms with Crippen LogP contribution in [0.3, 0.4) is 0 Å². The van der Waals surface area contributed by atoms with Gasteiger partial charge in [0.05, 0.1) is 12.4 Å². The van der Waals surface area contributed by atoms with Crippen molar-refractivity contribution < 1.29 is 14.3 Å². The van der Waals surface area contributed by atoms with E-state index in [1.165, 1.54) is 0 Å². The highest BCUT2D eigenvalue weighted by molar-refractivity contribution is 5.76. The standard InChI is InChI=1S/C10H16O3/c1-4-7(2)8(3)13-9-5-6-12-10(9)11/h7,9H,3-6H2,1-2H3. The first-order chi connectivity index (χ1) is 6.15. The third-order valence-corrected chi connectivity index (χ3v) is 2.34. The summed E-state index contributed by atoms with van der Waals surface area (Å²) in [4.78, 5) is 11.0. The minimum atomic E-state index is -0.415. The molecule has 0 spiro atoms. The van der Waals surface area contributed by atoms with Crippen molar-refractivity contribution in [1.82, 2.24) is 0 Å². The van der Waals surface area contributed by atoms with Crippen LogP contribution >= 0.6 is 0 Å². The SMILES string of the molecule is C=C(OC1CCOC1=O)C(C)CC. The van der Waals surface area contributed by atoms with Crippen molar-refractivity contribution >= 4 is 5.97 Å². The molecule has 2 unspecified atom stereocenters. The van der Waals surface area contributed by atoms with Gasteiger partial charge in [0.15, 0.2) is 6.10 Å². The molecule has 3 heteroatoms. The molecule has 1 aliphatic heterocycles. The highest BCUT2D eigenvalue weighted by atomic mass is 16.6. The monoisotopic (exact) mass is 184 g/mol. The zero-order chi connectivity index (χ0) is 9.84. The van der Waals surface area contributed by atoms with Crippen molar-refractivity contribution in [2.75, 3.05) is 6.61 Å². The lowest BCUT2D eigenvalue weighted by atomic mass is 10.1. The number of carbonyl (C=O) groups is 1. The Kier molecular flexibility index (Phi) is 3.34. The molecule has 1 aliphatic rings. The normalized spacial score (nSPS) is 23.8. The van der Waals surface area contributed by atoms with Crippen LogP contribution in [0.15, 0.2) is 12.3 Å². The zero-order valence-electron chi connectivity index (χ0n) is 8.21. The van der Waals surface area contributed by atoms with Gasteiger partial charge in [0.1, 0.15) is 0 Å². The fourth-order valence-electron chi connectivity index (χ4n) is 1.11. The van der Waals surface area contributed by atoms with Crippen LogP contribution in [-0.4, -0.2) is 18.7 Å². The number of ether oxygens (including phenoxy) is 2. The number of carbonyl (C=O) groups excluding carboxylic acids is 1. The van der Waals surface area contributed by atoms with Gasteiger partial charge in [-0.15, -0.1) is 0 Å². The van der Waals surface area contributed by atoms with Crippen LogP contribution in [0.2, 0.25) is 0 Å². The lowest BCUT2D eigenvalue weighted by molar-refractivity contribution is -0.145. The van der Waals surface area contributed by atoms with Gasteiger partial charge in [0.2, 0.25) is 0 Å². The van der Waals surface area contributed by atoms with E-state index in [4.69, 9.17) is 9.47 Å². The molecule has 0 aliphatic carbocycles. The Balaban J connectivity index is 2.39. The Hall–Kier alpha value is -0.990. The molecule has 13 heavy (non-hydrogen) atoms. The molecule has 1 fully saturated rings. The van der Waals surface area contributed by atoms with Crippen LogP contribution in [0.1, 0.15) is 26.7 Å². The summed E-state index contributed by atoms with van der Waals surface area (Å²) in [5, 5.41) is 0. The molecule has 74 valence electrons. The first-order valence-electron chi connectivity index (χ1n) is 4.67. The van der Waals surface area contributed by atoms with Crippen molar-refractivity contribution in [1.29, 1.82) is 0 Å². The molecule has 1 saturated heterocycles. The molecule has 2 atom stereocenters. The van der Waals surface area contributed by atoms with Crippen molar-refractivity contribution in [3.05, 3.63) is 12.3 Å². The highest BCUT2D eigenvalue weighted by Crippen LogP contribution is 2.19. The Labute approximate surface area is 78.7 Å². The summed E-state index contributed by atoms with van der Waals surface area (Å²) in [7, 11) is 0. The quantitative estimate of drug-likeness (QED) is 0.494. The summed E-state index contributed by atoms with van der Waals surface area (Å²) in [5.74, 6) is 0.726. The van der Waals surface area contributed by atoms with Gasteiger partial charge in [-0.25, -0.2) is 4.79 Å². The Morgan fingerprint density at radius 3 is 3.00 bits per heavy atom. The van der Waals surface area contributed by atoms with E-state index in [2.05, 4.69) is 13.5 Å². The van der Waals surface area contributed by atoms with Crippen molar-refractivity contribution in [2.45, 2.75) is 32.8 Å². The second kappa shape index (κ2) is 4.30. The third-order valence-electron chi connectivity index (χ3n) is 2.34. The first-order valence-corrected chi connectivity index (χ1v) is 4.67. The average molecular weight is 184 g/mol. The predicted octanol–water partition coefficient (Wildman–Crippen LogP) is 1.88. The molecule has 0 radical (unpaired) electrons. The largest absolute Gasteiger partial charge is 0.483 e. The lowest BCUT2D eigenvalue weighted by Crippen LogP contribution is -2.19. The van der Waals surface area contributed by atoms with Gasteiger partial charge in [-0.05, 0) is 6.42 Å². The molecule has 0 aromatic rings.